The first-order chi connectivity index (χ1) is 11.3. The zero-order chi connectivity index (χ0) is 16.3. The summed E-state index contributed by atoms with van der Waals surface area (Å²) in [6, 6.07) is 10.2. The Bertz CT molecular complexity index is 443. The minimum absolute atomic E-state index is 0.241. The summed E-state index contributed by atoms with van der Waals surface area (Å²) in [6.45, 7) is 1.87. The van der Waals surface area contributed by atoms with Gasteiger partial charge < -0.3 is 14.4 Å². The minimum atomic E-state index is 0.241. The van der Waals surface area contributed by atoms with Crippen LogP contribution in [0.15, 0.2) is 30.3 Å². The molecule has 0 unspecified atom stereocenters. The summed E-state index contributed by atoms with van der Waals surface area (Å²) in [5.41, 5.74) is 0. The summed E-state index contributed by atoms with van der Waals surface area (Å²) >= 11 is 0. The van der Waals surface area contributed by atoms with Gasteiger partial charge in [0.15, 0.2) is 0 Å². The van der Waals surface area contributed by atoms with E-state index in [1.165, 1.54) is 19.3 Å². The van der Waals surface area contributed by atoms with Gasteiger partial charge in [-0.05, 0) is 31.4 Å². The highest BCUT2D eigenvalue weighted by atomic mass is 16.5. The van der Waals surface area contributed by atoms with Gasteiger partial charge in [-0.1, -0.05) is 37.5 Å². The lowest BCUT2D eigenvalue weighted by molar-refractivity contribution is -0.135. The molecule has 1 aromatic carbocycles. The topological polar surface area (TPSA) is 38.8 Å². The van der Waals surface area contributed by atoms with Gasteiger partial charge >= 0.3 is 0 Å². The van der Waals surface area contributed by atoms with Crippen molar-refractivity contribution in [1.29, 1.82) is 0 Å². The van der Waals surface area contributed by atoms with Gasteiger partial charge in [-0.2, -0.15) is 0 Å². The van der Waals surface area contributed by atoms with E-state index < -0.39 is 0 Å². The molecule has 0 aromatic heterocycles. The highest BCUT2D eigenvalue weighted by molar-refractivity contribution is 5.76. The fourth-order valence-corrected chi connectivity index (χ4v) is 3.19. The molecule has 0 radical (unpaired) electrons. The van der Waals surface area contributed by atoms with Crippen LogP contribution in [0.25, 0.3) is 0 Å². The lowest BCUT2D eigenvalue weighted by atomic mass is 9.94. The predicted molar refractivity (Wildman–Crippen MR) is 91.6 cm³/mol. The number of nitrogens with zero attached hydrogens (tertiary/aromatic N) is 1. The second-order valence-electron chi connectivity index (χ2n) is 6.14. The third kappa shape index (κ3) is 6.22. The van der Waals surface area contributed by atoms with Crippen molar-refractivity contribution in [2.75, 3.05) is 26.9 Å². The first-order valence-electron chi connectivity index (χ1n) is 8.77. The molecule has 4 nitrogen and oxygen atoms in total. The number of carbonyl (C=O) groups is 1. The molecule has 1 saturated carbocycles. The lowest BCUT2D eigenvalue weighted by Crippen LogP contribution is -2.43. The van der Waals surface area contributed by atoms with Crippen LogP contribution in [-0.2, 0) is 9.53 Å². The van der Waals surface area contributed by atoms with Crippen molar-refractivity contribution >= 4 is 5.91 Å². The highest BCUT2D eigenvalue weighted by Gasteiger charge is 2.24. The normalized spacial score (nSPS) is 15.3. The fourth-order valence-electron chi connectivity index (χ4n) is 3.19. The Labute approximate surface area is 139 Å². The summed E-state index contributed by atoms with van der Waals surface area (Å²) in [4.78, 5) is 14.6. The molecule has 0 aliphatic heterocycles. The summed E-state index contributed by atoms with van der Waals surface area (Å²) < 4.78 is 10.8. The molecule has 0 saturated heterocycles. The molecule has 1 fully saturated rings. The van der Waals surface area contributed by atoms with Crippen LogP contribution in [0.2, 0.25) is 0 Å². The standard InChI is InChI=1S/C19H29NO3/c1-22-15-8-13-19(21)20(17-9-4-2-5-10-17)14-16-23-18-11-6-3-7-12-18/h3,6-7,11-12,17H,2,4-5,8-10,13-16H2,1H3. The molecular weight excluding hydrogens is 290 g/mol. The number of benzene rings is 1. The maximum atomic E-state index is 12.6. The van der Waals surface area contributed by atoms with Crippen LogP contribution in [0, 0.1) is 0 Å². The molecule has 0 spiro atoms. The van der Waals surface area contributed by atoms with Gasteiger partial charge in [0.25, 0.3) is 0 Å². The zero-order valence-electron chi connectivity index (χ0n) is 14.2. The molecule has 0 heterocycles. The number of para-hydroxylation sites is 1. The number of carbonyl (C=O) groups excluding carboxylic acids is 1. The van der Waals surface area contributed by atoms with E-state index >= 15 is 0 Å². The van der Waals surface area contributed by atoms with Crippen LogP contribution in [0.5, 0.6) is 5.75 Å². The Balaban J connectivity index is 1.85. The van der Waals surface area contributed by atoms with Gasteiger partial charge in [-0.25, -0.2) is 0 Å². The molecule has 128 valence electrons. The van der Waals surface area contributed by atoms with Crippen molar-refractivity contribution in [2.45, 2.75) is 51.0 Å². The fraction of sp³-hybridized carbons (Fsp3) is 0.632. The van der Waals surface area contributed by atoms with Crippen LogP contribution in [0.1, 0.15) is 44.9 Å². The number of ether oxygens (including phenoxy) is 2. The average molecular weight is 319 g/mol. The van der Waals surface area contributed by atoms with E-state index in [2.05, 4.69) is 4.90 Å². The summed E-state index contributed by atoms with van der Waals surface area (Å²) in [7, 11) is 1.68. The SMILES string of the molecule is COCCCC(=O)N(CCOc1ccccc1)C1CCCCC1. The Morgan fingerprint density at radius 3 is 2.57 bits per heavy atom. The summed E-state index contributed by atoms with van der Waals surface area (Å²) in [5.74, 6) is 1.11. The lowest BCUT2D eigenvalue weighted by Gasteiger charge is -2.34. The second kappa shape index (κ2) is 10.3. The van der Waals surface area contributed by atoms with E-state index in [1.807, 2.05) is 30.3 Å². The van der Waals surface area contributed by atoms with E-state index in [-0.39, 0.29) is 5.91 Å². The number of methoxy groups -OCH3 is 1. The first kappa shape index (κ1) is 17.8. The Hall–Kier alpha value is -1.55. The minimum Gasteiger partial charge on any atom is -0.492 e. The van der Waals surface area contributed by atoms with Crippen LogP contribution in [-0.4, -0.2) is 43.7 Å². The van der Waals surface area contributed by atoms with Gasteiger partial charge in [0.1, 0.15) is 12.4 Å². The number of amides is 1. The number of hydrogen-bond acceptors (Lipinski definition) is 3. The molecule has 0 N–H and O–H groups in total. The van der Waals surface area contributed by atoms with Crippen molar-refractivity contribution in [1.82, 2.24) is 4.90 Å². The van der Waals surface area contributed by atoms with Crippen LogP contribution in [0.3, 0.4) is 0 Å². The highest BCUT2D eigenvalue weighted by Crippen LogP contribution is 2.23. The molecule has 0 atom stereocenters. The van der Waals surface area contributed by atoms with E-state index in [0.717, 1.165) is 25.0 Å². The maximum Gasteiger partial charge on any atom is 0.223 e. The van der Waals surface area contributed by atoms with Crippen LogP contribution < -0.4 is 4.74 Å². The smallest absolute Gasteiger partial charge is 0.223 e. The van der Waals surface area contributed by atoms with Gasteiger partial charge in [0.2, 0.25) is 5.91 Å². The molecule has 23 heavy (non-hydrogen) atoms. The molecule has 1 amide bonds. The van der Waals surface area contributed by atoms with Crippen LogP contribution in [0.4, 0.5) is 0 Å². The van der Waals surface area contributed by atoms with Gasteiger partial charge in [0, 0.05) is 26.2 Å². The largest absolute Gasteiger partial charge is 0.492 e. The van der Waals surface area contributed by atoms with Gasteiger partial charge in [-0.3, -0.25) is 4.79 Å². The van der Waals surface area contributed by atoms with E-state index in [1.54, 1.807) is 7.11 Å². The molecule has 2 rings (SSSR count). The molecule has 1 aromatic rings. The van der Waals surface area contributed by atoms with Crippen LogP contribution >= 0.6 is 0 Å². The van der Waals surface area contributed by atoms with Gasteiger partial charge in [-0.15, -0.1) is 0 Å². The predicted octanol–water partition coefficient (Wildman–Crippen LogP) is 3.65. The van der Waals surface area contributed by atoms with Crippen molar-refractivity contribution in [3.8, 4) is 5.75 Å². The number of rotatable bonds is 9. The quantitative estimate of drug-likeness (QED) is 0.652. The van der Waals surface area contributed by atoms with Gasteiger partial charge in [0.05, 0.1) is 6.54 Å². The number of hydrogen-bond donors (Lipinski definition) is 0. The van der Waals surface area contributed by atoms with E-state index in [4.69, 9.17) is 9.47 Å². The first-order valence-corrected chi connectivity index (χ1v) is 8.77. The Morgan fingerprint density at radius 1 is 1.13 bits per heavy atom. The third-order valence-corrected chi connectivity index (χ3v) is 4.42. The summed E-state index contributed by atoms with van der Waals surface area (Å²) in [5, 5.41) is 0. The van der Waals surface area contributed by atoms with Crippen molar-refractivity contribution < 1.29 is 14.3 Å². The second-order valence-corrected chi connectivity index (χ2v) is 6.14. The molecular formula is C19H29NO3. The summed E-state index contributed by atoms with van der Waals surface area (Å²) in [6.07, 6.45) is 7.36. The molecule has 4 heteroatoms. The Kier molecular flexibility index (Phi) is 7.95. The Morgan fingerprint density at radius 2 is 1.87 bits per heavy atom. The van der Waals surface area contributed by atoms with Crippen molar-refractivity contribution in [3.05, 3.63) is 30.3 Å². The molecule has 1 aliphatic rings. The average Bonchev–Trinajstić information content (AvgIpc) is 2.60. The monoisotopic (exact) mass is 319 g/mol. The van der Waals surface area contributed by atoms with Crippen molar-refractivity contribution in [2.24, 2.45) is 0 Å². The molecule has 0 bridgehead atoms. The molecule has 1 aliphatic carbocycles. The van der Waals surface area contributed by atoms with Crippen molar-refractivity contribution in [3.63, 3.8) is 0 Å². The zero-order valence-corrected chi connectivity index (χ0v) is 14.2. The maximum absolute atomic E-state index is 12.6. The van der Waals surface area contributed by atoms with E-state index in [0.29, 0.717) is 32.2 Å². The third-order valence-electron chi connectivity index (χ3n) is 4.42. The van der Waals surface area contributed by atoms with E-state index in [9.17, 15) is 4.79 Å².